The maximum absolute atomic E-state index is 6.22. The van der Waals surface area contributed by atoms with Crippen LogP contribution in [0.25, 0.3) is 0 Å². The zero-order valence-corrected chi connectivity index (χ0v) is 14.8. The number of ether oxygens (including phenoxy) is 2. The fourth-order valence-corrected chi connectivity index (χ4v) is 2.50. The lowest BCUT2D eigenvalue weighted by molar-refractivity contribution is 0.130. The summed E-state index contributed by atoms with van der Waals surface area (Å²) in [5.74, 6) is 1.11. The Kier molecular flexibility index (Phi) is 6.06. The van der Waals surface area contributed by atoms with E-state index in [1.54, 1.807) is 0 Å². The van der Waals surface area contributed by atoms with Crippen molar-refractivity contribution >= 4 is 11.4 Å². The van der Waals surface area contributed by atoms with Gasteiger partial charge in [-0.3, -0.25) is 0 Å². The smallest absolute Gasteiger partial charge is 0.245 e. The van der Waals surface area contributed by atoms with Crippen LogP contribution in [-0.4, -0.2) is 18.1 Å². The molecule has 0 spiro atoms. The largest absolute Gasteiger partial charge is 0.437 e. The molecule has 0 bridgehead atoms. The molecule has 0 amide bonds. The Labute approximate surface area is 153 Å². The summed E-state index contributed by atoms with van der Waals surface area (Å²) < 4.78 is 11.5. The maximum Gasteiger partial charge on any atom is 0.245 e. The molecule has 0 atom stereocenters. The average Bonchev–Trinajstić information content (AvgIpc) is 2.66. The van der Waals surface area contributed by atoms with E-state index in [1.807, 2.05) is 73.7 Å². The van der Waals surface area contributed by atoms with Crippen LogP contribution in [0.3, 0.4) is 0 Å². The number of hydrogen-bond acceptors (Lipinski definition) is 5. The summed E-state index contributed by atoms with van der Waals surface area (Å²) in [5.41, 5.74) is 9.49. The van der Waals surface area contributed by atoms with Gasteiger partial charge in [0.15, 0.2) is 0 Å². The standard InChI is InChI=1S/C21H23N3O2/c1-16-14-19(23-12-13-25-15-17-8-4-2-5-9-17)20(22)21(24-16)26-18-10-6-3-7-11-18/h2-11,14H,12-13,15,22H2,1H3,(H,23,24). The Hall–Kier alpha value is -3.05. The summed E-state index contributed by atoms with van der Waals surface area (Å²) in [5, 5.41) is 3.30. The molecule has 5 heteroatoms. The lowest BCUT2D eigenvalue weighted by Crippen LogP contribution is -2.12. The third-order valence-electron chi connectivity index (χ3n) is 3.78. The van der Waals surface area contributed by atoms with Gasteiger partial charge in [0.2, 0.25) is 5.88 Å². The number of anilines is 2. The highest BCUT2D eigenvalue weighted by Gasteiger charge is 2.10. The van der Waals surface area contributed by atoms with Gasteiger partial charge < -0.3 is 20.5 Å². The van der Waals surface area contributed by atoms with E-state index in [2.05, 4.69) is 10.3 Å². The molecule has 3 N–H and O–H groups in total. The summed E-state index contributed by atoms with van der Waals surface area (Å²) in [6, 6.07) is 21.5. The third kappa shape index (κ3) is 4.97. The van der Waals surface area contributed by atoms with Gasteiger partial charge >= 0.3 is 0 Å². The van der Waals surface area contributed by atoms with E-state index in [0.29, 0.717) is 37.1 Å². The fraction of sp³-hybridized carbons (Fsp3) is 0.190. The van der Waals surface area contributed by atoms with Gasteiger partial charge in [-0.05, 0) is 30.7 Å². The Bertz CT molecular complexity index is 823. The van der Waals surface area contributed by atoms with Crippen LogP contribution in [0.4, 0.5) is 11.4 Å². The summed E-state index contributed by atoms with van der Waals surface area (Å²) in [6.45, 7) is 3.72. The van der Waals surface area contributed by atoms with Crippen LogP contribution in [0, 0.1) is 6.92 Å². The molecule has 134 valence electrons. The molecule has 0 aliphatic rings. The van der Waals surface area contributed by atoms with Crippen LogP contribution >= 0.6 is 0 Å². The first kappa shape index (κ1) is 17.8. The van der Waals surface area contributed by atoms with Gasteiger partial charge in [0, 0.05) is 12.2 Å². The van der Waals surface area contributed by atoms with E-state index < -0.39 is 0 Å². The highest BCUT2D eigenvalue weighted by Crippen LogP contribution is 2.31. The number of benzene rings is 2. The minimum atomic E-state index is 0.406. The molecular weight excluding hydrogens is 326 g/mol. The number of aromatic nitrogens is 1. The Morgan fingerprint density at radius 3 is 2.42 bits per heavy atom. The number of hydrogen-bond donors (Lipinski definition) is 2. The van der Waals surface area contributed by atoms with Gasteiger partial charge in [0.05, 0.1) is 18.9 Å². The van der Waals surface area contributed by atoms with Crippen molar-refractivity contribution in [2.45, 2.75) is 13.5 Å². The molecule has 26 heavy (non-hydrogen) atoms. The molecule has 1 aromatic heterocycles. The number of rotatable bonds is 8. The lowest BCUT2D eigenvalue weighted by Gasteiger charge is -2.14. The van der Waals surface area contributed by atoms with E-state index in [1.165, 1.54) is 0 Å². The molecule has 0 saturated carbocycles. The number of para-hydroxylation sites is 1. The molecule has 3 rings (SSSR count). The minimum Gasteiger partial charge on any atom is -0.437 e. The van der Waals surface area contributed by atoms with Crippen LogP contribution in [0.2, 0.25) is 0 Å². The first-order valence-corrected chi connectivity index (χ1v) is 8.58. The third-order valence-corrected chi connectivity index (χ3v) is 3.78. The summed E-state index contributed by atoms with van der Waals surface area (Å²) in [6.07, 6.45) is 0. The van der Waals surface area contributed by atoms with Crippen LogP contribution < -0.4 is 15.8 Å². The predicted octanol–water partition coefficient (Wildman–Crippen LogP) is 4.39. The van der Waals surface area contributed by atoms with Crippen LogP contribution in [0.1, 0.15) is 11.3 Å². The van der Waals surface area contributed by atoms with Crippen molar-refractivity contribution in [3.63, 3.8) is 0 Å². The number of nitrogens with one attached hydrogen (secondary N) is 1. The molecule has 1 heterocycles. The highest BCUT2D eigenvalue weighted by molar-refractivity contribution is 5.71. The Balaban J connectivity index is 1.56. The van der Waals surface area contributed by atoms with Gasteiger partial charge in [-0.1, -0.05) is 48.5 Å². The zero-order valence-electron chi connectivity index (χ0n) is 14.8. The summed E-state index contributed by atoms with van der Waals surface area (Å²) >= 11 is 0. The van der Waals surface area contributed by atoms with Crippen LogP contribution in [-0.2, 0) is 11.3 Å². The normalized spacial score (nSPS) is 10.5. The molecule has 0 aliphatic heterocycles. The van der Waals surface area contributed by atoms with Crippen molar-refractivity contribution in [3.8, 4) is 11.6 Å². The monoisotopic (exact) mass is 349 g/mol. The second-order valence-corrected chi connectivity index (χ2v) is 5.91. The first-order valence-electron chi connectivity index (χ1n) is 8.58. The van der Waals surface area contributed by atoms with Crippen LogP contribution in [0.5, 0.6) is 11.6 Å². The Morgan fingerprint density at radius 2 is 1.69 bits per heavy atom. The number of aryl methyl sites for hydroxylation is 1. The van der Waals surface area contributed by atoms with Crippen molar-refractivity contribution in [2.24, 2.45) is 0 Å². The average molecular weight is 349 g/mol. The second-order valence-electron chi connectivity index (χ2n) is 5.91. The molecule has 0 saturated heterocycles. The fourth-order valence-electron chi connectivity index (χ4n) is 2.50. The molecule has 0 aliphatic carbocycles. The Morgan fingerprint density at radius 1 is 1.00 bits per heavy atom. The van der Waals surface area contributed by atoms with Gasteiger partial charge in [-0.25, -0.2) is 4.98 Å². The van der Waals surface area contributed by atoms with E-state index in [9.17, 15) is 0 Å². The van der Waals surface area contributed by atoms with E-state index in [4.69, 9.17) is 15.2 Å². The molecule has 3 aromatic rings. The molecule has 0 fully saturated rings. The van der Waals surface area contributed by atoms with Gasteiger partial charge in [-0.2, -0.15) is 0 Å². The van der Waals surface area contributed by atoms with Crippen LogP contribution in [0.15, 0.2) is 66.7 Å². The number of nitrogen functional groups attached to an aromatic ring is 1. The van der Waals surface area contributed by atoms with E-state index in [-0.39, 0.29) is 0 Å². The van der Waals surface area contributed by atoms with Crippen molar-refractivity contribution < 1.29 is 9.47 Å². The zero-order chi connectivity index (χ0) is 18.2. The van der Waals surface area contributed by atoms with Crippen molar-refractivity contribution in [3.05, 3.63) is 78.0 Å². The minimum absolute atomic E-state index is 0.406. The topological polar surface area (TPSA) is 69.4 Å². The molecule has 0 radical (unpaired) electrons. The summed E-state index contributed by atoms with van der Waals surface area (Å²) in [7, 11) is 0. The number of nitrogens with zero attached hydrogens (tertiary/aromatic N) is 1. The van der Waals surface area contributed by atoms with Gasteiger partial charge in [0.25, 0.3) is 0 Å². The van der Waals surface area contributed by atoms with E-state index in [0.717, 1.165) is 16.9 Å². The quantitative estimate of drug-likeness (QED) is 0.590. The van der Waals surface area contributed by atoms with Crippen molar-refractivity contribution in [1.29, 1.82) is 0 Å². The lowest BCUT2D eigenvalue weighted by atomic mass is 10.2. The van der Waals surface area contributed by atoms with E-state index >= 15 is 0 Å². The molecule has 2 aromatic carbocycles. The second kappa shape index (κ2) is 8.87. The van der Waals surface area contributed by atoms with Crippen molar-refractivity contribution in [1.82, 2.24) is 4.98 Å². The number of nitrogens with two attached hydrogens (primary N) is 1. The first-order chi connectivity index (χ1) is 12.7. The maximum atomic E-state index is 6.22. The SMILES string of the molecule is Cc1cc(NCCOCc2ccccc2)c(N)c(Oc2ccccc2)n1. The number of pyridine rings is 1. The van der Waals surface area contributed by atoms with Crippen molar-refractivity contribution in [2.75, 3.05) is 24.2 Å². The molecule has 5 nitrogen and oxygen atoms in total. The predicted molar refractivity (Wildman–Crippen MR) is 104 cm³/mol. The molecule has 0 unspecified atom stereocenters. The molecular formula is C21H23N3O2. The summed E-state index contributed by atoms with van der Waals surface area (Å²) in [4.78, 5) is 4.39. The highest BCUT2D eigenvalue weighted by atomic mass is 16.5. The van der Waals surface area contributed by atoms with Gasteiger partial charge in [-0.15, -0.1) is 0 Å². The van der Waals surface area contributed by atoms with Gasteiger partial charge in [0.1, 0.15) is 11.4 Å².